The van der Waals surface area contributed by atoms with Crippen LogP contribution >= 0.6 is 0 Å². The van der Waals surface area contributed by atoms with Crippen LogP contribution in [0.15, 0.2) is 59.7 Å². The van der Waals surface area contributed by atoms with E-state index in [9.17, 15) is 0 Å². The first kappa shape index (κ1) is 19.2. The van der Waals surface area contributed by atoms with Crippen molar-refractivity contribution >= 4 is 17.3 Å². The number of piperidine rings is 1. The second-order valence-electron chi connectivity index (χ2n) is 7.30. The maximum atomic E-state index is 4.77. The van der Waals surface area contributed by atoms with Gasteiger partial charge in [0, 0.05) is 50.5 Å². The molecule has 2 aromatic heterocycles. The van der Waals surface area contributed by atoms with Crippen LogP contribution in [-0.2, 0) is 6.42 Å². The number of hydrogen-bond acceptors (Lipinski definition) is 4. The minimum Gasteiger partial charge on any atom is -0.371 e. The van der Waals surface area contributed by atoms with Crippen LogP contribution in [0.1, 0.15) is 25.6 Å². The van der Waals surface area contributed by atoms with Crippen LogP contribution in [0.2, 0.25) is 0 Å². The van der Waals surface area contributed by atoms with E-state index in [2.05, 4.69) is 63.0 Å². The lowest BCUT2D eigenvalue weighted by atomic mass is 10.0. The first-order valence-corrected chi connectivity index (χ1v) is 10.5. The molecule has 0 bridgehead atoms. The Balaban J connectivity index is 1.31. The number of hydrogen-bond donors (Lipinski definition) is 2. The van der Waals surface area contributed by atoms with Gasteiger partial charge in [-0.1, -0.05) is 24.3 Å². The summed E-state index contributed by atoms with van der Waals surface area (Å²) in [6.07, 6.45) is 4.97. The van der Waals surface area contributed by atoms with Crippen molar-refractivity contribution in [1.82, 2.24) is 25.2 Å². The van der Waals surface area contributed by atoms with E-state index in [1.54, 1.807) is 0 Å². The third kappa shape index (κ3) is 4.85. The number of aromatic nitrogens is 3. The lowest BCUT2D eigenvalue weighted by molar-refractivity contribution is 0.461. The highest BCUT2D eigenvalue weighted by Gasteiger charge is 2.20. The molecule has 0 atom stereocenters. The van der Waals surface area contributed by atoms with Gasteiger partial charge in [0.25, 0.3) is 0 Å². The molecule has 7 nitrogen and oxygen atoms in total. The number of aliphatic imine (C=N–C) groups is 1. The van der Waals surface area contributed by atoms with E-state index in [0.717, 1.165) is 56.3 Å². The molecule has 7 heteroatoms. The van der Waals surface area contributed by atoms with Gasteiger partial charge in [-0.05, 0) is 44.0 Å². The predicted octanol–water partition coefficient (Wildman–Crippen LogP) is 2.50. The molecule has 3 aromatic rings. The number of rotatable bonds is 6. The molecular formula is C22H29N7. The summed E-state index contributed by atoms with van der Waals surface area (Å²) in [6.45, 7) is 5.75. The first-order valence-electron chi connectivity index (χ1n) is 10.5. The van der Waals surface area contributed by atoms with E-state index in [-0.39, 0.29) is 0 Å². The summed E-state index contributed by atoms with van der Waals surface area (Å²) in [5.74, 6) is 1.83. The molecule has 1 aliphatic heterocycles. The fourth-order valence-electron chi connectivity index (χ4n) is 3.76. The van der Waals surface area contributed by atoms with E-state index < -0.39 is 0 Å². The zero-order valence-corrected chi connectivity index (χ0v) is 17.0. The predicted molar refractivity (Wildman–Crippen MR) is 117 cm³/mol. The maximum Gasteiger partial charge on any atom is 0.191 e. The van der Waals surface area contributed by atoms with E-state index in [1.807, 2.05) is 28.8 Å². The largest absolute Gasteiger partial charge is 0.371 e. The molecule has 0 unspecified atom stereocenters. The minimum absolute atomic E-state index is 0.446. The number of nitrogens with one attached hydrogen (secondary N) is 2. The zero-order valence-electron chi connectivity index (χ0n) is 17.0. The van der Waals surface area contributed by atoms with Crippen LogP contribution in [-0.4, -0.2) is 52.8 Å². The molecular weight excluding hydrogens is 362 g/mol. The van der Waals surface area contributed by atoms with Crippen molar-refractivity contribution in [2.24, 2.45) is 4.99 Å². The minimum atomic E-state index is 0.446. The lowest BCUT2D eigenvalue weighted by Crippen LogP contribution is -2.48. The Morgan fingerprint density at radius 1 is 1.07 bits per heavy atom. The second-order valence-corrected chi connectivity index (χ2v) is 7.30. The summed E-state index contributed by atoms with van der Waals surface area (Å²) in [5, 5.41) is 15.5. The van der Waals surface area contributed by atoms with E-state index >= 15 is 0 Å². The number of fused-ring (bicyclic) bond motifs is 1. The Labute approximate surface area is 171 Å². The van der Waals surface area contributed by atoms with Gasteiger partial charge in [0.15, 0.2) is 11.6 Å². The molecule has 1 aliphatic rings. The highest BCUT2D eigenvalue weighted by atomic mass is 15.2. The molecule has 1 aromatic carbocycles. The molecule has 0 spiro atoms. The van der Waals surface area contributed by atoms with Gasteiger partial charge in [0.1, 0.15) is 5.82 Å². The van der Waals surface area contributed by atoms with Crippen molar-refractivity contribution in [3.63, 3.8) is 0 Å². The van der Waals surface area contributed by atoms with Crippen molar-refractivity contribution in [2.75, 3.05) is 31.1 Å². The fraction of sp³-hybridized carbons (Fsp3) is 0.409. The average molecular weight is 392 g/mol. The summed E-state index contributed by atoms with van der Waals surface area (Å²) in [5.41, 5.74) is 2.19. The Kier molecular flexibility index (Phi) is 6.24. The Bertz CT molecular complexity index is 926. The van der Waals surface area contributed by atoms with Crippen LogP contribution < -0.4 is 15.5 Å². The van der Waals surface area contributed by atoms with Crippen molar-refractivity contribution in [2.45, 2.75) is 32.2 Å². The molecule has 29 heavy (non-hydrogen) atoms. The number of guanidine groups is 1. The van der Waals surface area contributed by atoms with Gasteiger partial charge in [-0.25, -0.2) is 0 Å². The molecule has 152 valence electrons. The Hall–Kier alpha value is -3.09. The van der Waals surface area contributed by atoms with Crippen molar-refractivity contribution in [3.8, 4) is 0 Å². The smallest absolute Gasteiger partial charge is 0.191 e. The lowest BCUT2D eigenvalue weighted by Gasteiger charge is -2.34. The standard InChI is InChI=1S/C22H29N7/c1-2-23-22(24-14-11-21-27-26-20-10-6-7-15-29(20)21)25-18-12-16-28(17-13-18)19-8-4-3-5-9-19/h3-10,15,18H,2,11-14,16-17H2,1H3,(H2,23,24,25). The first-order chi connectivity index (χ1) is 14.3. The molecule has 0 radical (unpaired) electrons. The zero-order chi connectivity index (χ0) is 19.9. The molecule has 1 fully saturated rings. The summed E-state index contributed by atoms with van der Waals surface area (Å²) < 4.78 is 2.02. The highest BCUT2D eigenvalue weighted by Crippen LogP contribution is 2.19. The van der Waals surface area contributed by atoms with Crippen molar-refractivity contribution in [1.29, 1.82) is 0 Å². The van der Waals surface area contributed by atoms with Crippen LogP contribution in [0.5, 0.6) is 0 Å². The van der Waals surface area contributed by atoms with Crippen molar-refractivity contribution < 1.29 is 0 Å². The topological polar surface area (TPSA) is 69.8 Å². The third-order valence-electron chi connectivity index (χ3n) is 5.29. The van der Waals surface area contributed by atoms with Gasteiger partial charge < -0.3 is 15.5 Å². The van der Waals surface area contributed by atoms with Gasteiger partial charge in [-0.3, -0.25) is 9.39 Å². The summed E-state index contributed by atoms with van der Waals surface area (Å²) in [6, 6.07) is 17.0. The highest BCUT2D eigenvalue weighted by molar-refractivity contribution is 5.80. The normalized spacial score (nSPS) is 15.6. The molecule has 0 saturated carbocycles. The summed E-state index contributed by atoms with van der Waals surface area (Å²) in [4.78, 5) is 7.22. The van der Waals surface area contributed by atoms with E-state index in [4.69, 9.17) is 4.99 Å². The number of anilines is 1. The molecule has 0 aliphatic carbocycles. The fourth-order valence-corrected chi connectivity index (χ4v) is 3.76. The SMILES string of the molecule is CCNC(=NCCc1nnc2ccccn12)NC1CCN(c2ccccc2)CC1. The van der Waals surface area contributed by atoms with Gasteiger partial charge in [0.05, 0.1) is 0 Å². The number of nitrogens with zero attached hydrogens (tertiary/aromatic N) is 5. The van der Waals surface area contributed by atoms with Gasteiger partial charge in [-0.2, -0.15) is 0 Å². The maximum absolute atomic E-state index is 4.77. The third-order valence-corrected chi connectivity index (χ3v) is 5.29. The van der Waals surface area contributed by atoms with E-state index in [0.29, 0.717) is 12.6 Å². The van der Waals surface area contributed by atoms with Crippen LogP contribution in [0.25, 0.3) is 5.65 Å². The molecule has 2 N–H and O–H groups in total. The van der Waals surface area contributed by atoms with Gasteiger partial charge in [-0.15, -0.1) is 10.2 Å². The van der Waals surface area contributed by atoms with Gasteiger partial charge in [0.2, 0.25) is 0 Å². The summed E-state index contributed by atoms with van der Waals surface area (Å²) in [7, 11) is 0. The number of benzene rings is 1. The monoisotopic (exact) mass is 391 g/mol. The molecule has 3 heterocycles. The Morgan fingerprint density at radius 3 is 2.66 bits per heavy atom. The summed E-state index contributed by atoms with van der Waals surface area (Å²) >= 11 is 0. The quantitative estimate of drug-likeness (QED) is 0.499. The van der Waals surface area contributed by atoms with Crippen LogP contribution in [0.3, 0.4) is 0 Å². The van der Waals surface area contributed by atoms with Crippen molar-refractivity contribution in [3.05, 3.63) is 60.6 Å². The molecule has 1 saturated heterocycles. The van der Waals surface area contributed by atoms with Crippen LogP contribution in [0, 0.1) is 0 Å². The molecule has 0 amide bonds. The Morgan fingerprint density at radius 2 is 1.86 bits per heavy atom. The second kappa shape index (κ2) is 9.41. The molecule has 4 rings (SSSR count). The average Bonchev–Trinajstić information content (AvgIpc) is 3.18. The van der Waals surface area contributed by atoms with E-state index in [1.165, 1.54) is 5.69 Å². The van der Waals surface area contributed by atoms with Gasteiger partial charge >= 0.3 is 0 Å². The number of pyridine rings is 1. The number of para-hydroxylation sites is 1. The van der Waals surface area contributed by atoms with Crippen LogP contribution in [0.4, 0.5) is 5.69 Å².